The zero-order chi connectivity index (χ0) is 33.4. The van der Waals surface area contributed by atoms with Crippen LogP contribution in [-0.4, -0.2) is 87.3 Å². The molecule has 264 valence electrons. The van der Waals surface area contributed by atoms with E-state index in [1.807, 2.05) is 0 Å². The second-order valence-corrected chi connectivity index (χ2v) is 18.8. The van der Waals surface area contributed by atoms with Crippen LogP contribution >= 0.6 is 0 Å². The predicted molar refractivity (Wildman–Crippen MR) is 175 cm³/mol. The first-order valence-electron chi connectivity index (χ1n) is 18.7. The summed E-state index contributed by atoms with van der Waals surface area (Å²) in [6.07, 6.45) is 9.71. The third kappa shape index (κ3) is 4.48. The lowest BCUT2D eigenvalue weighted by atomic mass is 9.41. The number of rotatable bonds is 6. The molecule has 1 aromatic rings. The van der Waals surface area contributed by atoms with Gasteiger partial charge in [-0.25, -0.2) is 4.98 Å². The number of morpholine rings is 1. The van der Waals surface area contributed by atoms with E-state index in [-0.39, 0.29) is 46.1 Å². The highest BCUT2D eigenvalue weighted by molar-refractivity contribution is 5.33. The number of aliphatic hydroxyl groups excluding tert-OH is 2. The van der Waals surface area contributed by atoms with Gasteiger partial charge in [-0.3, -0.25) is 4.90 Å². The average molecular weight is 657 g/mol. The minimum absolute atomic E-state index is 0.0281. The molecule has 6 unspecified atom stereocenters. The lowest BCUT2D eigenvalue weighted by molar-refractivity contribution is -0.249. The molecular formula is C38H60N2O7. The Morgan fingerprint density at radius 3 is 2.55 bits per heavy atom. The Labute approximate surface area is 281 Å². The summed E-state index contributed by atoms with van der Waals surface area (Å²) in [5.41, 5.74) is 0.0318. The Morgan fingerprint density at radius 1 is 1.09 bits per heavy atom. The van der Waals surface area contributed by atoms with E-state index in [9.17, 15) is 15.3 Å². The lowest BCUT2D eigenvalue weighted by Gasteiger charge is -2.64. The minimum Gasteiger partial charge on any atom is -0.451 e. The maximum absolute atomic E-state index is 12.4. The van der Waals surface area contributed by atoms with Crippen LogP contribution in [0.2, 0.25) is 0 Å². The number of hydrogen-bond donors (Lipinski definition) is 3. The minimum atomic E-state index is -1.25. The van der Waals surface area contributed by atoms with Gasteiger partial charge in [-0.1, -0.05) is 34.6 Å². The van der Waals surface area contributed by atoms with Crippen LogP contribution in [0.5, 0.6) is 0 Å². The van der Waals surface area contributed by atoms with E-state index < -0.39 is 23.9 Å². The molecule has 9 nitrogen and oxygen atoms in total. The monoisotopic (exact) mass is 656 g/mol. The quantitative estimate of drug-likeness (QED) is 0.382. The number of oxazole rings is 1. The van der Waals surface area contributed by atoms with Gasteiger partial charge in [-0.05, 0) is 111 Å². The van der Waals surface area contributed by atoms with Gasteiger partial charge in [0.05, 0.1) is 48.9 Å². The SMILES string of the molecule is C[C@@H]1CC([C@H](O)C(C)(C)O)OC2[C@H]1[C@@]1(C)CCC34C[C@@]35CC[C@H](OC3CN(Cc6cocn6)CCO3)C(C)(C)[C@@H]5CCC4C1(C)[C@H]2O. The van der Waals surface area contributed by atoms with Crippen LogP contribution < -0.4 is 0 Å². The van der Waals surface area contributed by atoms with Crippen molar-refractivity contribution < 1.29 is 33.9 Å². The normalized spacial score (nSPS) is 51.2. The Hall–Kier alpha value is -1.07. The molecule has 2 saturated heterocycles. The van der Waals surface area contributed by atoms with Gasteiger partial charge in [0, 0.05) is 18.5 Å². The molecule has 14 atom stereocenters. The summed E-state index contributed by atoms with van der Waals surface area (Å²) in [7, 11) is 0. The van der Waals surface area contributed by atoms with Crippen LogP contribution in [0.3, 0.4) is 0 Å². The van der Waals surface area contributed by atoms with Crippen LogP contribution in [-0.2, 0) is 20.8 Å². The molecule has 8 rings (SSSR count). The number of hydrogen-bond acceptors (Lipinski definition) is 9. The lowest BCUT2D eigenvalue weighted by Crippen LogP contribution is -2.60. The first-order valence-corrected chi connectivity index (χ1v) is 18.7. The van der Waals surface area contributed by atoms with E-state index in [1.54, 1.807) is 20.1 Å². The summed E-state index contributed by atoms with van der Waals surface area (Å²) in [5.74, 6) is 1.60. The molecule has 5 aliphatic carbocycles. The molecule has 3 N–H and O–H groups in total. The van der Waals surface area contributed by atoms with Crippen molar-refractivity contribution in [3.8, 4) is 0 Å². The molecule has 7 fully saturated rings. The molecular weight excluding hydrogens is 596 g/mol. The van der Waals surface area contributed by atoms with Crippen molar-refractivity contribution in [2.75, 3.05) is 19.7 Å². The van der Waals surface area contributed by atoms with Crippen molar-refractivity contribution >= 4 is 0 Å². The Morgan fingerprint density at radius 2 is 1.83 bits per heavy atom. The maximum Gasteiger partial charge on any atom is 0.180 e. The highest BCUT2D eigenvalue weighted by atomic mass is 16.7. The summed E-state index contributed by atoms with van der Waals surface area (Å²) in [5, 5.41) is 34.1. The number of aromatic nitrogens is 1. The molecule has 0 amide bonds. The molecule has 2 aliphatic heterocycles. The fourth-order valence-electron chi connectivity index (χ4n) is 13.8. The molecule has 47 heavy (non-hydrogen) atoms. The first kappa shape index (κ1) is 33.1. The molecule has 7 aliphatic rings. The average Bonchev–Trinajstić information content (AvgIpc) is 3.30. The zero-order valence-electron chi connectivity index (χ0n) is 29.8. The van der Waals surface area contributed by atoms with Crippen molar-refractivity contribution in [1.29, 1.82) is 0 Å². The van der Waals surface area contributed by atoms with E-state index in [0.29, 0.717) is 36.2 Å². The van der Waals surface area contributed by atoms with E-state index in [1.165, 1.54) is 32.1 Å². The summed E-state index contributed by atoms with van der Waals surface area (Å²) >= 11 is 0. The smallest absolute Gasteiger partial charge is 0.180 e. The molecule has 1 aromatic heterocycles. The zero-order valence-corrected chi connectivity index (χ0v) is 29.8. The van der Waals surface area contributed by atoms with Crippen molar-refractivity contribution in [2.24, 2.45) is 50.7 Å². The van der Waals surface area contributed by atoms with Gasteiger partial charge in [0.2, 0.25) is 0 Å². The van der Waals surface area contributed by atoms with Crippen molar-refractivity contribution in [2.45, 2.75) is 149 Å². The molecule has 9 heteroatoms. The predicted octanol–water partition coefficient (Wildman–Crippen LogP) is 5.16. The molecule has 3 heterocycles. The van der Waals surface area contributed by atoms with E-state index >= 15 is 0 Å². The fraction of sp³-hybridized carbons (Fsp3) is 0.921. The summed E-state index contributed by atoms with van der Waals surface area (Å²) < 4.78 is 25.0. The standard InChI is InChI=1S/C38H60N2O7/c1-22-16-24(31(41)34(4,5)43)46-30-29(22)35(6)12-13-38-20-37(38)11-10-27(33(2,3)25(37)8-9-26(38)36(35,7)32(30)42)47-28-18-40(14-15-45-28)17-23-19-44-21-39-23/h19,21-22,24-32,41-43H,8-18,20H2,1-7H3/t22-,24?,25+,26?,27+,28?,29+,30?,31+,32+,35-,36?,37-,38?/m1/s1. The van der Waals surface area contributed by atoms with Crippen molar-refractivity contribution in [1.82, 2.24) is 9.88 Å². The molecule has 2 spiro atoms. The third-order valence-corrected chi connectivity index (χ3v) is 16.1. The number of aliphatic hydroxyl groups is 3. The van der Waals surface area contributed by atoms with Crippen LogP contribution in [0.4, 0.5) is 0 Å². The second kappa shape index (κ2) is 10.7. The first-order chi connectivity index (χ1) is 22.1. The van der Waals surface area contributed by atoms with Gasteiger partial charge >= 0.3 is 0 Å². The van der Waals surface area contributed by atoms with Crippen LogP contribution in [0.15, 0.2) is 17.1 Å². The van der Waals surface area contributed by atoms with E-state index in [4.69, 9.17) is 18.6 Å². The van der Waals surface area contributed by atoms with Gasteiger partial charge in [0.25, 0.3) is 0 Å². The number of fused-ring (bicyclic) bond motifs is 4. The van der Waals surface area contributed by atoms with Crippen LogP contribution in [0.1, 0.15) is 106 Å². The second-order valence-electron chi connectivity index (χ2n) is 18.8. The molecule has 0 radical (unpaired) electrons. The number of nitrogens with zero attached hydrogens (tertiary/aromatic N) is 2. The van der Waals surface area contributed by atoms with E-state index in [0.717, 1.165) is 44.6 Å². The Balaban J connectivity index is 1.01. The van der Waals surface area contributed by atoms with Crippen molar-refractivity contribution in [3.63, 3.8) is 0 Å². The summed E-state index contributed by atoms with van der Waals surface area (Å²) in [6, 6.07) is 0. The van der Waals surface area contributed by atoms with Gasteiger partial charge in [-0.15, -0.1) is 0 Å². The molecule has 0 aromatic carbocycles. The largest absolute Gasteiger partial charge is 0.451 e. The molecule has 5 saturated carbocycles. The summed E-state index contributed by atoms with van der Waals surface area (Å²) in [4.78, 5) is 6.66. The van der Waals surface area contributed by atoms with Gasteiger partial charge in [0.15, 0.2) is 12.7 Å². The van der Waals surface area contributed by atoms with E-state index in [2.05, 4.69) is 44.5 Å². The van der Waals surface area contributed by atoms with Gasteiger partial charge in [0.1, 0.15) is 12.4 Å². The molecule has 0 bridgehead atoms. The number of ether oxygens (including phenoxy) is 3. The maximum atomic E-state index is 12.4. The van der Waals surface area contributed by atoms with Gasteiger partial charge in [-0.2, -0.15) is 0 Å². The summed E-state index contributed by atoms with van der Waals surface area (Å²) in [6.45, 7) is 18.4. The Bertz CT molecular complexity index is 1330. The van der Waals surface area contributed by atoms with Crippen LogP contribution in [0.25, 0.3) is 0 Å². The fourth-order valence-corrected chi connectivity index (χ4v) is 13.8. The third-order valence-electron chi connectivity index (χ3n) is 16.1. The van der Waals surface area contributed by atoms with Crippen LogP contribution in [0, 0.1) is 50.7 Å². The topological polar surface area (TPSA) is 118 Å². The highest BCUT2D eigenvalue weighted by Crippen LogP contribution is 2.89. The van der Waals surface area contributed by atoms with Crippen molar-refractivity contribution in [3.05, 3.63) is 18.4 Å². The highest BCUT2D eigenvalue weighted by Gasteiger charge is 2.84. The Kier molecular flexibility index (Phi) is 7.55. The van der Waals surface area contributed by atoms with Gasteiger partial charge < -0.3 is 33.9 Å².